The summed E-state index contributed by atoms with van der Waals surface area (Å²) in [4.78, 5) is 11.6. The molecular weight excluding hydrogens is 396 g/mol. The molecule has 1 saturated carbocycles. The first-order valence-electron chi connectivity index (χ1n) is 11.4. The zero-order valence-corrected chi connectivity index (χ0v) is 20.2. The molecule has 4 heteroatoms. The van der Waals surface area contributed by atoms with Gasteiger partial charge in [-0.1, -0.05) is 69.3 Å². The summed E-state index contributed by atoms with van der Waals surface area (Å²) in [7, 11) is 3.65. The average molecular weight is 435 g/mol. The number of carbonyl (C=O) groups excluding carboxylic acids is 1. The van der Waals surface area contributed by atoms with Crippen molar-refractivity contribution in [1.82, 2.24) is 4.90 Å². The minimum absolute atomic E-state index is 0.208. The Morgan fingerprint density at radius 3 is 2.00 bits per heavy atom. The Balaban J connectivity index is 0.000000654. The van der Waals surface area contributed by atoms with E-state index in [1.165, 1.54) is 48.0 Å². The number of rotatable bonds is 10. The van der Waals surface area contributed by atoms with Crippen molar-refractivity contribution >= 4 is 24.1 Å². The van der Waals surface area contributed by atoms with Crippen LogP contribution >= 0.6 is 0 Å². The number of allylic oxidation sites excluding steroid dienone is 1. The van der Waals surface area contributed by atoms with Crippen LogP contribution in [0.4, 0.5) is 5.69 Å². The highest BCUT2D eigenvalue weighted by molar-refractivity contribution is 5.70. The molecule has 0 radical (unpaired) electrons. The van der Waals surface area contributed by atoms with Gasteiger partial charge in [0, 0.05) is 25.0 Å². The predicted molar refractivity (Wildman–Crippen MR) is 137 cm³/mol. The van der Waals surface area contributed by atoms with Gasteiger partial charge in [-0.15, -0.1) is 0 Å². The standard InChI is InChI=1S/C25H32N2.C3H6O2/c1-5-27(4)18-25(23-14-15-23)26-24-16-10-21(11-17-24)7-6-20-8-12-22(13-9-20)19(2)3;1-5-3-2-4/h6-13,16-17,19,26H,5,14-15,18H2,1-4H3;2H,3H2,1H3/b7-6+;. The molecule has 172 valence electrons. The van der Waals surface area contributed by atoms with Gasteiger partial charge in [0.05, 0.1) is 0 Å². The molecule has 3 rings (SSSR count). The van der Waals surface area contributed by atoms with E-state index < -0.39 is 0 Å². The van der Waals surface area contributed by atoms with Gasteiger partial charge in [0.25, 0.3) is 0 Å². The lowest BCUT2D eigenvalue weighted by Gasteiger charge is -2.18. The summed E-state index contributed by atoms with van der Waals surface area (Å²) >= 11 is 0. The first-order chi connectivity index (χ1) is 15.5. The van der Waals surface area contributed by atoms with E-state index in [9.17, 15) is 4.79 Å². The summed E-state index contributed by atoms with van der Waals surface area (Å²) in [6.07, 6.45) is 7.56. The molecule has 0 bridgehead atoms. The van der Waals surface area contributed by atoms with Crippen molar-refractivity contribution in [2.75, 3.05) is 39.2 Å². The summed E-state index contributed by atoms with van der Waals surface area (Å²) in [5.74, 6) is 0.579. The maximum Gasteiger partial charge on any atom is 0.145 e. The van der Waals surface area contributed by atoms with Crippen LogP contribution in [0.25, 0.3) is 12.2 Å². The number of hydrogen-bond donors (Lipinski definition) is 1. The molecule has 0 atom stereocenters. The number of hydrogen-bond acceptors (Lipinski definition) is 4. The van der Waals surface area contributed by atoms with Gasteiger partial charge in [-0.3, -0.25) is 0 Å². The zero-order valence-electron chi connectivity index (χ0n) is 20.2. The summed E-state index contributed by atoms with van der Waals surface area (Å²) in [6.45, 7) is 8.93. The van der Waals surface area contributed by atoms with Crippen molar-refractivity contribution in [3.8, 4) is 0 Å². The second-order valence-corrected chi connectivity index (χ2v) is 8.44. The highest BCUT2D eigenvalue weighted by Gasteiger charge is 2.18. The maximum atomic E-state index is 9.28. The van der Waals surface area contributed by atoms with E-state index in [1.807, 2.05) is 0 Å². The summed E-state index contributed by atoms with van der Waals surface area (Å²) in [6, 6.07) is 17.5. The fourth-order valence-electron chi connectivity index (χ4n) is 3.09. The quantitative estimate of drug-likeness (QED) is 0.356. The zero-order chi connectivity index (χ0) is 23.3. The van der Waals surface area contributed by atoms with Gasteiger partial charge in [0.1, 0.15) is 12.9 Å². The van der Waals surface area contributed by atoms with Gasteiger partial charge in [0.2, 0.25) is 0 Å². The number of nitrogens with zero attached hydrogens (tertiary/aromatic N) is 1. The van der Waals surface area contributed by atoms with Crippen molar-refractivity contribution in [1.29, 1.82) is 0 Å². The van der Waals surface area contributed by atoms with Gasteiger partial charge in [0.15, 0.2) is 0 Å². The van der Waals surface area contributed by atoms with Crippen LogP contribution in [0.1, 0.15) is 56.2 Å². The smallest absolute Gasteiger partial charge is 0.145 e. The second-order valence-electron chi connectivity index (χ2n) is 8.44. The molecule has 2 aromatic carbocycles. The lowest BCUT2D eigenvalue weighted by molar-refractivity contribution is -0.110. The molecule has 2 aromatic rings. The molecule has 32 heavy (non-hydrogen) atoms. The van der Waals surface area contributed by atoms with Crippen LogP contribution in [0.5, 0.6) is 0 Å². The molecule has 0 saturated heterocycles. The molecule has 1 aliphatic rings. The first kappa shape index (κ1) is 25.6. The van der Waals surface area contributed by atoms with E-state index in [1.54, 1.807) is 5.57 Å². The van der Waals surface area contributed by atoms with E-state index in [2.05, 4.69) is 103 Å². The van der Waals surface area contributed by atoms with Gasteiger partial charge in [-0.25, -0.2) is 0 Å². The van der Waals surface area contributed by atoms with Crippen LogP contribution in [0, 0.1) is 0 Å². The summed E-state index contributed by atoms with van der Waals surface area (Å²) < 4.78 is 4.32. The molecule has 0 aromatic heterocycles. The number of anilines is 1. The molecular formula is C28H38N2O2. The van der Waals surface area contributed by atoms with Crippen LogP contribution in [0.15, 0.2) is 59.8 Å². The van der Waals surface area contributed by atoms with E-state index in [4.69, 9.17) is 0 Å². The third-order valence-electron chi connectivity index (χ3n) is 5.41. The Kier molecular flexibility index (Phi) is 10.9. The Labute approximate surface area is 194 Å². The summed E-state index contributed by atoms with van der Waals surface area (Å²) in [5, 5.41) is 3.64. The van der Waals surface area contributed by atoms with E-state index in [0.29, 0.717) is 12.2 Å². The lowest BCUT2D eigenvalue weighted by Crippen LogP contribution is -2.23. The number of carbonyl (C=O) groups is 1. The molecule has 0 amide bonds. The molecule has 1 aliphatic carbocycles. The maximum absolute atomic E-state index is 9.28. The predicted octanol–water partition coefficient (Wildman–Crippen LogP) is 6.22. The van der Waals surface area contributed by atoms with Gasteiger partial charge in [-0.05, 0) is 66.7 Å². The van der Waals surface area contributed by atoms with Crippen molar-refractivity contribution in [2.24, 2.45) is 0 Å². The van der Waals surface area contributed by atoms with Crippen molar-refractivity contribution in [2.45, 2.75) is 39.5 Å². The highest BCUT2D eigenvalue weighted by Crippen LogP contribution is 2.32. The fourth-order valence-corrected chi connectivity index (χ4v) is 3.09. The van der Waals surface area contributed by atoms with Gasteiger partial charge < -0.3 is 19.7 Å². The third-order valence-corrected chi connectivity index (χ3v) is 5.41. The van der Waals surface area contributed by atoms with Crippen molar-refractivity contribution in [3.63, 3.8) is 0 Å². The number of likely N-dealkylation sites (N-methyl/N-ethyl adjacent to an activating group) is 1. The summed E-state index contributed by atoms with van der Waals surface area (Å²) in [5.41, 5.74) is 7.98. The molecule has 0 spiro atoms. The largest absolute Gasteiger partial charge is 0.377 e. The molecule has 1 N–H and O–H groups in total. The molecule has 0 aliphatic heterocycles. The molecule has 0 heterocycles. The topological polar surface area (TPSA) is 41.6 Å². The lowest BCUT2D eigenvalue weighted by atomic mass is 10.0. The average Bonchev–Trinajstić information content (AvgIpc) is 3.65. The van der Waals surface area contributed by atoms with Crippen LogP contribution in [-0.4, -0.2) is 45.0 Å². The van der Waals surface area contributed by atoms with E-state index >= 15 is 0 Å². The monoisotopic (exact) mass is 434 g/mol. The van der Waals surface area contributed by atoms with E-state index in [-0.39, 0.29) is 6.61 Å². The van der Waals surface area contributed by atoms with Crippen molar-refractivity contribution in [3.05, 3.63) is 76.5 Å². The van der Waals surface area contributed by atoms with Gasteiger partial charge >= 0.3 is 0 Å². The molecule has 4 nitrogen and oxygen atoms in total. The Morgan fingerprint density at radius 1 is 1.03 bits per heavy atom. The minimum atomic E-state index is 0.208. The minimum Gasteiger partial charge on any atom is -0.377 e. The Bertz CT molecular complexity index is 875. The SMILES string of the molecule is CCN(C)CC(Nc1ccc(/C=C/c2ccc(C(C)C)cc2)cc1)=C1CC1.COCC=O. The van der Waals surface area contributed by atoms with Crippen molar-refractivity contribution < 1.29 is 9.53 Å². The molecule has 1 fully saturated rings. The number of benzene rings is 2. The first-order valence-corrected chi connectivity index (χ1v) is 11.4. The number of ether oxygens (including phenoxy) is 1. The molecule has 0 unspecified atom stereocenters. The number of methoxy groups -OCH3 is 1. The van der Waals surface area contributed by atoms with Crippen LogP contribution in [0.2, 0.25) is 0 Å². The Morgan fingerprint density at radius 2 is 1.59 bits per heavy atom. The van der Waals surface area contributed by atoms with Crippen LogP contribution in [0.3, 0.4) is 0 Å². The van der Waals surface area contributed by atoms with Gasteiger partial charge in [-0.2, -0.15) is 0 Å². The van der Waals surface area contributed by atoms with Crippen LogP contribution < -0.4 is 5.32 Å². The normalized spacial score (nSPS) is 12.7. The second kappa shape index (κ2) is 13.7. The Hall–Kier alpha value is -2.69. The fraction of sp³-hybridized carbons (Fsp3) is 0.393. The van der Waals surface area contributed by atoms with E-state index in [0.717, 1.165) is 13.1 Å². The third kappa shape index (κ3) is 9.21. The number of aldehydes is 1. The number of nitrogens with one attached hydrogen (secondary N) is 1. The van der Waals surface area contributed by atoms with Crippen LogP contribution in [-0.2, 0) is 9.53 Å². The highest BCUT2D eigenvalue weighted by atomic mass is 16.5.